The molecule has 2 saturated heterocycles. The molecule has 1 aliphatic carbocycles. The van der Waals surface area contributed by atoms with Gasteiger partial charge in [0.05, 0.1) is 5.75 Å². The minimum absolute atomic E-state index is 0.345. The lowest BCUT2D eigenvalue weighted by Crippen LogP contribution is -2.36. The van der Waals surface area contributed by atoms with Crippen LogP contribution in [0, 0.1) is 24.7 Å². The van der Waals surface area contributed by atoms with Gasteiger partial charge in [0.2, 0.25) is 10.0 Å². The van der Waals surface area contributed by atoms with E-state index in [9.17, 15) is 8.42 Å². The maximum atomic E-state index is 12.9. The molecular weight excluding hydrogens is 332 g/mol. The average molecular weight is 363 g/mol. The van der Waals surface area contributed by atoms with Gasteiger partial charge in [-0.3, -0.25) is 4.90 Å². The summed E-state index contributed by atoms with van der Waals surface area (Å²) in [5.74, 6) is 1.65. The summed E-state index contributed by atoms with van der Waals surface area (Å²) in [6.07, 6.45) is 4.58. The van der Waals surface area contributed by atoms with Crippen LogP contribution in [0.25, 0.3) is 0 Å². The van der Waals surface area contributed by atoms with Gasteiger partial charge in [-0.05, 0) is 55.7 Å². The van der Waals surface area contributed by atoms with Crippen LogP contribution in [0.2, 0.25) is 0 Å². The lowest BCUT2D eigenvalue weighted by Gasteiger charge is -2.28. The molecule has 4 nitrogen and oxygen atoms in total. The second kappa shape index (κ2) is 6.67. The van der Waals surface area contributed by atoms with Crippen LogP contribution >= 0.6 is 0 Å². The summed E-state index contributed by atoms with van der Waals surface area (Å²) in [7, 11) is -0.917. The third-order valence-corrected chi connectivity index (χ3v) is 8.66. The summed E-state index contributed by atoms with van der Waals surface area (Å²) >= 11 is 0. The molecule has 1 aromatic carbocycles. The highest BCUT2D eigenvalue weighted by molar-refractivity contribution is 7.89. The van der Waals surface area contributed by atoms with Gasteiger partial charge in [0.25, 0.3) is 0 Å². The van der Waals surface area contributed by atoms with Gasteiger partial charge >= 0.3 is 0 Å². The SMILES string of the molecule is Cc1ccccc1[C@@H]1[C@@H]2CN(S(=O)(=O)CC3CCCC3)C[C@@H]2CN1C. The van der Waals surface area contributed by atoms with Crippen molar-refractivity contribution in [2.45, 2.75) is 38.6 Å². The van der Waals surface area contributed by atoms with Crippen LogP contribution in [0.5, 0.6) is 0 Å². The minimum Gasteiger partial charge on any atom is -0.299 e. The van der Waals surface area contributed by atoms with Crippen molar-refractivity contribution in [3.8, 4) is 0 Å². The maximum Gasteiger partial charge on any atom is 0.214 e. The zero-order valence-electron chi connectivity index (χ0n) is 15.4. The first-order chi connectivity index (χ1) is 12.0. The van der Waals surface area contributed by atoms with E-state index in [1.54, 1.807) is 0 Å². The third kappa shape index (κ3) is 3.26. The highest BCUT2D eigenvalue weighted by Gasteiger charge is 2.49. The smallest absolute Gasteiger partial charge is 0.214 e. The molecule has 5 heteroatoms. The van der Waals surface area contributed by atoms with E-state index >= 15 is 0 Å². The van der Waals surface area contributed by atoms with Gasteiger partial charge in [0, 0.05) is 25.7 Å². The number of likely N-dealkylation sites (tertiary alicyclic amines) is 1. The molecular formula is C20H30N2O2S. The van der Waals surface area contributed by atoms with E-state index in [0.29, 0.717) is 42.6 Å². The van der Waals surface area contributed by atoms with Gasteiger partial charge in [-0.15, -0.1) is 0 Å². The van der Waals surface area contributed by atoms with Gasteiger partial charge in [-0.2, -0.15) is 0 Å². The Morgan fingerprint density at radius 2 is 1.80 bits per heavy atom. The van der Waals surface area contributed by atoms with Gasteiger partial charge in [-0.1, -0.05) is 37.1 Å². The normalized spacial score (nSPS) is 31.7. The summed E-state index contributed by atoms with van der Waals surface area (Å²) in [5.41, 5.74) is 2.68. The number of aryl methyl sites for hydroxylation is 1. The number of sulfonamides is 1. The Morgan fingerprint density at radius 3 is 2.52 bits per heavy atom. The Kier molecular flexibility index (Phi) is 4.67. The van der Waals surface area contributed by atoms with Crippen molar-refractivity contribution in [2.24, 2.45) is 17.8 Å². The molecule has 3 aliphatic rings. The third-order valence-electron chi connectivity index (χ3n) is 6.68. The first kappa shape index (κ1) is 17.5. The van der Waals surface area contributed by atoms with Crippen LogP contribution in [0.4, 0.5) is 0 Å². The fourth-order valence-corrected chi connectivity index (χ4v) is 7.37. The topological polar surface area (TPSA) is 40.6 Å². The molecule has 2 aliphatic heterocycles. The van der Waals surface area contributed by atoms with E-state index in [0.717, 1.165) is 19.4 Å². The predicted octanol–water partition coefficient (Wildman–Crippen LogP) is 3.05. The quantitative estimate of drug-likeness (QED) is 0.827. The number of nitrogens with zero attached hydrogens (tertiary/aromatic N) is 2. The van der Waals surface area contributed by atoms with Crippen molar-refractivity contribution in [3.63, 3.8) is 0 Å². The molecule has 1 aromatic rings. The Hall–Kier alpha value is -0.910. The second-order valence-electron chi connectivity index (χ2n) is 8.41. The first-order valence-electron chi connectivity index (χ1n) is 9.69. The molecule has 25 heavy (non-hydrogen) atoms. The molecule has 0 amide bonds. The maximum absolute atomic E-state index is 12.9. The molecule has 0 unspecified atom stereocenters. The summed E-state index contributed by atoms with van der Waals surface area (Å²) < 4.78 is 27.7. The Balaban J connectivity index is 1.52. The van der Waals surface area contributed by atoms with Crippen molar-refractivity contribution in [2.75, 3.05) is 32.4 Å². The summed E-state index contributed by atoms with van der Waals surface area (Å²) in [6, 6.07) is 8.91. The highest BCUT2D eigenvalue weighted by Crippen LogP contribution is 2.45. The number of rotatable bonds is 4. The molecule has 0 bridgehead atoms. The van der Waals surface area contributed by atoms with Crippen LogP contribution in [0.1, 0.15) is 42.9 Å². The Labute approximate surface area is 152 Å². The number of hydrogen-bond acceptors (Lipinski definition) is 3. The van der Waals surface area contributed by atoms with E-state index in [4.69, 9.17) is 0 Å². The molecule has 0 aromatic heterocycles. The van der Waals surface area contributed by atoms with Crippen LogP contribution < -0.4 is 0 Å². The molecule has 0 N–H and O–H groups in total. The van der Waals surface area contributed by atoms with Crippen LogP contribution in [-0.2, 0) is 10.0 Å². The van der Waals surface area contributed by atoms with Crippen LogP contribution in [0.15, 0.2) is 24.3 Å². The van der Waals surface area contributed by atoms with Crippen LogP contribution in [-0.4, -0.2) is 50.1 Å². The van der Waals surface area contributed by atoms with Crippen molar-refractivity contribution < 1.29 is 8.42 Å². The molecule has 3 atom stereocenters. The zero-order chi connectivity index (χ0) is 17.6. The van der Waals surface area contributed by atoms with E-state index in [1.807, 2.05) is 4.31 Å². The molecule has 138 valence electrons. The number of benzene rings is 1. The van der Waals surface area contributed by atoms with Crippen molar-refractivity contribution >= 4 is 10.0 Å². The minimum atomic E-state index is -3.10. The lowest BCUT2D eigenvalue weighted by molar-refractivity contribution is 0.260. The molecule has 3 fully saturated rings. The Morgan fingerprint density at radius 1 is 1.08 bits per heavy atom. The van der Waals surface area contributed by atoms with Crippen molar-refractivity contribution in [1.82, 2.24) is 9.21 Å². The van der Waals surface area contributed by atoms with Gasteiger partial charge in [0.1, 0.15) is 0 Å². The first-order valence-corrected chi connectivity index (χ1v) is 11.3. The van der Waals surface area contributed by atoms with Gasteiger partial charge in [-0.25, -0.2) is 12.7 Å². The fraction of sp³-hybridized carbons (Fsp3) is 0.700. The van der Waals surface area contributed by atoms with E-state index in [1.165, 1.54) is 24.0 Å². The monoisotopic (exact) mass is 362 g/mol. The van der Waals surface area contributed by atoms with Crippen LogP contribution in [0.3, 0.4) is 0 Å². The number of hydrogen-bond donors (Lipinski definition) is 0. The van der Waals surface area contributed by atoms with Crippen molar-refractivity contribution in [1.29, 1.82) is 0 Å². The fourth-order valence-electron chi connectivity index (χ4n) is 5.41. The molecule has 1 saturated carbocycles. The largest absolute Gasteiger partial charge is 0.299 e. The van der Waals surface area contributed by atoms with E-state index < -0.39 is 10.0 Å². The molecule has 0 spiro atoms. The lowest BCUT2D eigenvalue weighted by atomic mass is 9.88. The number of fused-ring (bicyclic) bond motifs is 1. The summed E-state index contributed by atoms with van der Waals surface area (Å²) in [4.78, 5) is 2.43. The summed E-state index contributed by atoms with van der Waals surface area (Å²) in [5, 5.41) is 0. The zero-order valence-corrected chi connectivity index (χ0v) is 16.2. The highest BCUT2D eigenvalue weighted by atomic mass is 32.2. The van der Waals surface area contributed by atoms with Crippen molar-refractivity contribution in [3.05, 3.63) is 35.4 Å². The van der Waals surface area contributed by atoms with Gasteiger partial charge < -0.3 is 0 Å². The predicted molar refractivity (Wildman–Crippen MR) is 101 cm³/mol. The van der Waals surface area contributed by atoms with E-state index in [2.05, 4.69) is 43.1 Å². The second-order valence-corrected chi connectivity index (χ2v) is 10.4. The summed E-state index contributed by atoms with van der Waals surface area (Å²) in [6.45, 7) is 4.58. The average Bonchev–Trinajstić information content (AvgIpc) is 3.24. The molecule has 0 radical (unpaired) electrons. The molecule has 4 rings (SSSR count). The molecule has 2 heterocycles. The standard InChI is InChI=1S/C20H30N2O2S/c1-15-7-3-6-10-18(15)20-19-13-22(12-17(19)11-21(20)2)25(23,24)14-16-8-4-5-9-16/h3,6-7,10,16-17,19-20H,4-5,8-9,11-14H2,1-2H3/t17-,19+,20+/m0/s1. The van der Waals surface area contributed by atoms with E-state index in [-0.39, 0.29) is 0 Å². The Bertz CT molecular complexity index is 727. The van der Waals surface area contributed by atoms with Gasteiger partial charge in [0.15, 0.2) is 0 Å².